The lowest BCUT2D eigenvalue weighted by Gasteiger charge is -2.05. The summed E-state index contributed by atoms with van der Waals surface area (Å²) in [5, 5.41) is 2.89. The van der Waals surface area contributed by atoms with E-state index in [9.17, 15) is 4.79 Å². The van der Waals surface area contributed by atoms with Crippen LogP contribution >= 0.6 is 11.8 Å². The average Bonchev–Trinajstić information content (AvgIpc) is 2.42. The molecule has 0 aromatic heterocycles. The van der Waals surface area contributed by atoms with Crippen LogP contribution in [0.25, 0.3) is 0 Å². The van der Waals surface area contributed by atoms with Crippen LogP contribution in [0, 0.1) is 0 Å². The van der Waals surface area contributed by atoms with Crippen molar-refractivity contribution in [1.29, 1.82) is 0 Å². The summed E-state index contributed by atoms with van der Waals surface area (Å²) in [4.78, 5) is 11.5. The lowest BCUT2D eigenvalue weighted by molar-refractivity contribution is -0.118. The molecule has 98 valence electrons. The Bertz CT molecular complexity index is 387. The van der Waals surface area contributed by atoms with Gasteiger partial charge in [-0.3, -0.25) is 4.79 Å². The van der Waals surface area contributed by atoms with E-state index >= 15 is 0 Å². The van der Waals surface area contributed by atoms with Gasteiger partial charge in [0.25, 0.3) is 0 Å². The molecule has 0 saturated heterocycles. The predicted octanol–water partition coefficient (Wildman–Crippen LogP) is 2.62. The van der Waals surface area contributed by atoms with Gasteiger partial charge in [-0.05, 0) is 24.6 Å². The molecule has 3 nitrogen and oxygen atoms in total. The van der Waals surface area contributed by atoms with Gasteiger partial charge in [-0.2, -0.15) is 0 Å². The van der Waals surface area contributed by atoms with E-state index in [2.05, 4.69) is 5.32 Å². The van der Waals surface area contributed by atoms with Crippen molar-refractivity contribution in [2.45, 2.75) is 13.5 Å². The first-order chi connectivity index (χ1) is 8.76. The van der Waals surface area contributed by atoms with Crippen LogP contribution in [0.5, 0.6) is 5.75 Å². The van der Waals surface area contributed by atoms with Crippen molar-refractivity contribution in [3.05, 3.63) is 42.0 Å². The number of carbonyl (C=O) groups excluding carboxylic acids is 1. The van der Waals surface area contributed by atoms with Crippen molar-refractivity contribution in [3.63, 3.8) is 0 Å². The SMILES string of the molecule is C/C=C\CSCC(=O)NCc1ccc(OC)cc1. The zero-order valence-electron chi connectivity index (χ0n) is 10.8. The summed E-state index contributed by atoms with van der Waals surface area (Å²) in [6.07, 6.45) is 4.03. The molecule has 0 heterocycles. The fourth-order valence-electron chi connectivity index (χ4n) is 1.31. The average molecular weight is 265 g/mol. The third-order valence-corrected chi connectivity index (χ3v) is 3.23. The Morgan fingerprint density at radius 1 is 1.39 bits per heavy atom. The van der Waals surface area contributed by atoms with Crippen LogP contribution in [0.2, 0.25) is 0 Å². The van der Waals surface area contributed by atoms with Gasteiger partial charge in [0.05, 0.1) is 12.9 Å². The Labute approximate surface area is 113 Å². The van der Waals surface area contributed by atoms with Gasteiger partial charge in [0, 0.05) is 12.3 Å². The van der Waals surface area contributed by atoms with Crippen molar-refractivity contribution < 1.29 is 9.53 Å². The van der Waals surface area contributed by atoms with E-state index in [1.165, 1.54) is 0 Å². The maximum Gasteiger partial charge on any atom is 0.230 e. The molecule has 0 unspecified atom stereocenters. The first-order valence-corrected chi connectivity index (χ1v) is 7.00. The molecule has 1 amide bonds. The second-order valence-electron chi connectivity index (χ2n) is 3.71. The molecule has 1 aromatic carbocycles. The van der Waals surface area contributed by atoms with Crippen LogP contribution in [0.4, 0.5) is 0 Å². The van der Waals surface area contributed by atoms with Crippen molar-refractivity contribution in [1.82, 2.24) is 5.32 Å². The lowest BCUT2D eigenvalue weighted by atomic mass is 10.2. The minimum absolute atomic E-state index is 0.0697. The minimum Gasteiger partial charge on any atom is -0.497 e. The molecule has 1 aromatic rings. The second-order valence-corrected chi connectivity index (χ2v) is 4.74. The standard InChI is InChI=1S/C14H19NO2S/c1-3-4-9-18-11-14(16)15-10-12-5-7-13(17-2)8-6-12/h3-8H,9-11H2,1-2H3,(H,15,16)/b4-3-. The van der Waals surface area contributed by atoms with Crippen LogP contribution in [-0.2, 0) is 11.3 Å². The Balaban J connectivity index is 2.24. The minimum atomic E-state index is 0.0697. The van der Waals surface area contributed by atoms with E-state index in [1.807, 2.05) is 43.3 Å². The number of carbonyl (C=O) groups is 1. The van der Waals surface area contributed by atoms with Gasteiger partial charge in [-0.15, -0.1) is 11.8 Å². The highest BCUT2D eigenvalue weighted by molar-refractivity contribution is 8.00. The molecular weight excluding hydrogens is 246 g/mol. The Kier molecular flexibility index (Phi) is 7.03. The molecule has 1 rings (SSSR count). The number of ether oxygens (including phenoxy) is 1. The third kappa shape index (κ3) is 5.77. The summed E-state index contributed by atoms with van der Waals surface area (Å²) in [5.41, 5.74) is 1.07. The van der Waals surface area contributed by atoms with E-state index in [4.69, 9.17) is 4.74 Å². The molecule has 0 aliphatic rings. The van der Waals surface area contributed by atoms with Gasteiger partial charge < -0.3 is 10.1 Å². The summed E-state index contributed by atoms with van der Waals surface area (Å²) >= 11 is 1.61. The first kappa shape index (κ1) is 14.6. The van der Waals surface area contributed by atoms with E-state index < -0.39 is 0 Å². The normalized spacial score (nSPS) is 10.6. The fraction of sp³-hybridized carbons (Fsp3) is 0.357. The van der Waals surface area contributed by atoms with Crippen molar-refractivity contribution >= 4 is 17.7 Å². The number of hydrogen-bond donors (Lipinski definition) is 1. The summed E-state index contributed by atoms with van der Waals surface area (Å²) in [7, 11) is 1.64. The predicted molar refractivity (Wildman–Crippen MR) is 77.0 cm³/mol. The molecule has 18 heavy (non-hydrogen) atoms. The summed E-state index contributed by atoms with van der Waals surface area (Å²) in [5.74, 6) is 2.28. The van der Waals surface area contributed by atoms with E-state index in [1.54, 1.807) is 18.9 Å². The number of nitrogens with one attached hydrogen (secondary N) is 1. The Morgan fingerprint density at radius 2 is 2.11 bits per heavy atom. The van der Waals surface area contributed by atoms with Crippen LogP contribution in [0.1, 0.15) is 12.5 Å². The molecule has 0 aliphatic heterocycles. The lowest BCUT2D eigenvalue weighted by Crippen LogP contribution is -2.24. The highest BCUT2D eigenvalue weighted by atomic mass is 32.2. The zero-order chi connectivity index (χ0) is 13.2. The molecule has 0 atom stereocenters. The molecule has 0 spiro atoms. The number of hydrogen-bond acceptors (Lipinski definition) is 3. The molecule has 0 fully saturated rings. The van der Waals surface area contributed by atoms with Gasteiger partial charge in [0.1, 0.15) is 5.75 Å². The zero-order valence-corrected chi connectivity index (χ0v) is 11.6. The van der Waals surface area contributed by atoms with Gasteiger partial charge in [-0.1, -0.05) is 24.3 Å². The number of thioether (sulfide) groups is 1. The van der Waals surface area contributed by atoms with Crippen molar-refractivity contribution in [2.24, 2.45) is 0 Å². The molecule has 0 aliphatic carbocycles. The van der Waals surface area contributed by atoms with Crippen LogP contribution in [0.15, 0.2) is 36.4 Å². The van der Waals surface area contributed by atoms with Gasteiger partial charge >= 0.3 is 0 Å². The molecule has 0 radical (unpaired) electrons. The summed E-state index contributed by atoms with van der Waals surface area (Å²) < 4.78 is 5.07. The van der Waals surface area contributed by atoms with Gasteiger partial charge in [-0.25, -0.2) is 0 Å². The summed E-state index contributed by atoms with van der Waals surface area (Å²) in [6.45, 7) is 2.54. The van der Waals surface area contributed by atoms with E-state index in [0.29, 0.717) is 12.3 Å². The van der Waals surface area contributed by atoms with Crippen LogP contribution in [0.3, 0.4) is 0 Å². The number of allylic oxidation sites excluding steroid dienone is 1. The maximum atomic E-state index is 11.5. The van der Waals surface area contributed by atoms with Crippen LogP contribution < -0.4 is 10.1 Å². The van der Waals surface area contributed by atoms with Gasteiger partial charge in [0.15, 0.2) is 0 Å². The van der Waals surface area contributed by atoms with Crippen molar-refractivity contribution in [2.75, 3.05) is 18.6 Å². The molecule has 0 saturated carbocycles. The van der Waals surface area contributed by atoms with E-state index in [-0.39, 0.29) is 5.91 Å². The van der Waals surface area contributed by atoms with E-state index in [0.717, 1.165) is 17.1 Å². The molecule has 4 heteroatoms. The smallest absolute Gasteiger partial charge is 0.230 e. The second kappa shape index (κ2) is 8.64. The number of methoxy groups -OCH3 is 1. The number of amides is 1. The molecule has 0 bridgehead atoms. The monoisotopic (exact) mass is 265 g/mol. The number of benzene rings is 1. The fourth-order valence-corrected chi connectivity index (χ4v) is 2.04. The molecular formula is C14H19NO2S. The Morgan fingerprint density at radius 3 is 2.72 bits per heavy atom. The topological polar surface area (TPSA) is 38.3 Å². The number of rotatable bonds is 7. The quantitative estimate of drug-likeness (QED) is 0.608. The largest absolute Gasteiger partial charge is 0.497 e. The maximum absolute atomic E-state index is 11.5. The molecule has 1 N–H and O–H groups in total. The summed E-state index contributed by atoms with van der Waals surface area (Å²) in [6, 6.07) is 7.68. The highest BCUT2D eigenvalue weighted by Crippen LogP contribution is 2.11. The van der Waals surface area contributed by atoms with Crippen molar-refractivity contribution in [3.8, 4) is 5.75 Å². The third-order valence-electron chi connectivity index (χ3n) is 2.33. The highest BCUT2D eigenvalue weighted by Gasteiger charge is 2.01. The van der Waals surface area contributed by atoms with Crippen LogP contribution in [-0.4, -0.2) is 24.5 Å². The Hall–Kier alpha value is -1.42. The van der Waals surface area contributed by atoms with Gasteiger partial charge in [0.2, 0.25) is 5.91 Å². The first-order valence-electron chi connectivity index (χ1n) is 5.84.